The number of carbonyl (C=O) groups excluding carboxylic acids is 1. The fourth-order valence-corrected chi connectivity index (χ4v) is 3.21. The number of methoxy groups -OCH3 is 1. The summed E-state index contributed by atoms with van der Waals surface area (Å²) in [6, 6.07) is 11.4. The maximum absolute atomic E-state index is 12.1. The number of carboxylic acids is 1. The summed E-state index contributed by atoms with van der Waals surface area (Å²) in [5.74, 6) is -1.49. The SMILES string of the molecule is COC(=O)C1(C(=O)O)Cc2cc(OCc3ccccc3)nc(C)c2C1. The minimum Gasteiger partial charge on any atom is -0.480 e. The number of pyridine rings is 1. The average molecular weight is 341 g/mol. The fourth-order valence-electron chi connectivity index (χ4n) is 3.21. The number of nitrogens with zero attached hydrogens (tertiary/aromatic N) is 1. The third kappa shape index (κ3) is 3.07. The Bertz CT molecular complexity index is 818. The van der Waals surface area contributed by atoms with Crippen molar-refractivity contribution in [3.05, 3.63) is 58.8 Å². The van der Waals surface area contributed by atoms with E-state index in [1.807, 2.05) is 30.3 Å². The molecule has 0 spiro atoms. The number of rotatable bonds is 5. The lowest BCUT2D eigenvalue weighted by Gasteiger charge is -2.20. The third-order valence-corrected chi connectivity index (χ3v) is 4.59. The first-order chi connectivity index (χ1) is 12.0. The van der Waals surface area contributed by atoms with E-state index in [0.29, 0.717) is 18.2 Å². The molecule has 130 valence electrons. The first kappa shape index (κ1) is 17.0. The molecule has 6 nitrogen and oxygen atoms in total. The molecular weight excluding hydrogens is 322 g/mol. The van der Waals surface area contributed by atoms with E-state index in [1.54, 1.807) is 13.0 Å². The van der Waals surface area contributed by atoms with Crippen molar-refractivity contribution in [3.8, 4) is 5.88 Å². The Hall–Kier alpha value is -2.89. The highest BCUT2D eigenvalue weighted by molar-refractivity contribution is 6.00. The second-order valence-electron chi connectivity index (χ2n) is 6.19. The van der Waals surface area contributed by atoms with Crippen molar-refractivity contribution in [2.24, 2.45) is 5.41 Å². The van der Waals surface area contributed by atoms with Gasteiger partial charge in [0.1, 0.15) is 6.61 Å². The lowest BCUT2D eigenvalue weighted by Crippen LogP contribution is -2.41. The highest BCUT2D eigenvalue weighted by Crippen LogP contribution is 2.40. The standard InChI is InChI=1S/C19H19NO5/c1-12-15-10-19(17(21)22,18(23)24-2)9-14(15)8-16(20-12)25-11-13-6-4-3-5-7-13/h3-8H,9-11H2,1-2H3,(H,21,22). The van der Waals surface area contributed by atoms with Gasteiger partial charge in [0.05, 0.1) is 7.11 Å². The van der Waals surface area contributed by atoms with E-state index >= 15 is 0 Å². The Kier molecular flexibility index (Phi) is 4.44. The van der Waals surface area contributed by atoms with E-state index in [9.17, 15) is 14.7 Å². The summed E-state index contributed by atoms with van der Waals surface area (Å²) in [5.41, 5.74) is 1.65. The first-order valence-electron chi connectivity index (χ1n) is 7.94. The van der Waals surface area contributed by atoms with Crippen molar-refractivity contribution in [1.82, 2.24) is 4.98 Å². The zero-order valence-corrected chi connectivity index (χ0v) is 14.1. The predicted octanol–water partition coefficient (Wildman–Crippen LogP) is 2.31. The highest BCUT2D eigenvalue weighted by atomic mass is 16.5. The van der Waals surface area contributed by atoms with Crippen LogP contribution in [0, 0.1) is 12.3 Å². The zero-order chi connectivity index (χ0) is 18.0. The van der Waals surface area contributed by atoms with E-state index < -0.39 is 17.4 Å². The molecule has 1 unspecified atom stereocenters. The summed E-state index contributed by atoms with van der Waals surface area (Å²) in [5, 5.41) is 9.60. The summed E-state index contributed by atoms with van der Waals surface area (Å²) in [7, 11) is 1.20. The van der Waals surface area contributed by atoms with Crippen LogP contribution in [-0.2, 0) is 33.8 Å². The number of hydrogen-bond acceptors (Lipinski definition) is 5. The van der Waals surface area contributed by atoms with Gasteiger partial charge >= 0.3 is 11.9 Å². The summed E-state index contributed by atoms with van der Waals surface area (Å²) in [6.07, 6.45) is 0.164. The molecule has 0 bridgehead atoms. The van der Waals surface area contributed by atoms with Crippen LogP contribution in [0.4, 0.5) is 0 Å². The van der Waals surface area contributed by atoms with Crippen LogP contribution in [0.5, 0.6) is 5.88 Å². The topological polar surface area (TPSA) is 85.7 Å². The second kappa shape index (κ2) is 6.55. The molecule has 2 aromatic rings. The molecule has 1 aliphatic rings. The number of hydrogen-bond donors (Lipinski definition) is 1. The number of carboxylic acid groups (broad SMARTS) is 1. The van der Waals surface area contributed by atoms with Crippen LogP contribution in [0.1, 0.15) is 22.4 Å². The molecule has 0 fully saturated rings. The first-order valence-corrected chi connectivity index (χ1v) is 7.94. The van der Waals surface area contributed by atoms with Crippen LogP contribution >= 0.6 is 0 Å². The van der Waals surface area contributed by atoms with E-state index in [4.69, 9.17) is 9.47 Å². The van der Waals surface area contributed by atoms with Crippen LogP contribution in [0.15, 0.2) is 36.4 Å². The largest absolute Gasteiger partial charge is 0.480 e. The molecule has 1 atom stereocenters. The smallest absolute Gasteiger partial charge is 0.323 e. The molecule has 1 N–H and O–H groups in total. The quantitative estimate of drug-likeness (QED) is 0.663. The Morgan fingerprint density at radius 3 is 2.60 bits per heavy atom. The van der Waals surface area contributed by atoms with Gasteiger partial charge in [-0.3, -0.25) is 9.59 Å². The Balaban J connectivity index is 1.85. The molecule has 0 radical (unpaired) electrons. The van der Waals surface area contributed by atoms with Gasteiger partial charge in [0.15, 0.2) is 5.41 Å². The van der Waals surface area contributed by atoms with Crippen molar-refractivity contribution in [2.45, 2.75) is 26.4 Å². The minimum absolute atomic E-state index is 0.0788. The lowest BCUT2D eigenvalue weighted by atomic mass is 9.85. The number of ether oxygens (including phenoxy) is 2. The van der Waals surface area contributed by atoms with Gasteiger partial charge in [-0.15, -0.1) is 0 Å². The van der Waals surface area contributed by atoms with Gasteiger partial charge in [0.2, 0.25) is 5.88 Å². The average Bonchev–Trinajstić information content (AvgIpc) is 3.02. The van der Waals surface area contributed by atoms with Gasteiger partial charge < -0.3 is 14.6 Å². The lowest BCUT2D eigenvalue weighted by molar-refractivity contribution is -0.166. The number of esters is 1. The van der Waals surface area contributed by atoms with Gasteiger partial charge in [-0.1, -0.05) is 30.3 Å². The van der Waals surface area contributed by atoms with Gasteiger partial charge in [0, 0.05) is 24.6 Å². The molecule has 0 saturated heterocycles. The summed E-state index contributed by atoms with van der Waals surface area (Å²) >= 11 is 0. The Morgan fingerprint density at radius 1 is 1.24 bits per heavy atom. The van der Waals surface area contributed by atoms with Crippen molar-refractivity contribution in [2.75, 3.05) is 7.11 Å². The molecule has 0 amide bonds. The Labute approximate surface area is 145 Å². The van der Waals surface area contributed by atoms with Crippen LogP contribution < -0.4 is 4.74 Å². The van der Waals surface area contributed by atoms with E-state index in [2.05, 4.69) is 4.98 Å². The van der Waals surface area contributed by atoms with Gasteiger partial charge in [-0.05, 0) is 23.6 Å². The third-order valence-electron chi connectivity index (χ3n) is 4.59. The van der Waals surface area contributed by atoms with E-state index in [1.165, 1.54) is 7.11 Å². The number of carbonyl (C=O) groups is 2. The zero-order valence-electron chi connectivity index (χ0n) is 14.1. The van der Waals surface area contributed by atoms with E-state index in [0.717, 1.165) is 16.7 Å². The molecule has 6 heteroatoms. The van der Waals surface area contributed by atoms with Gasteiger partial charge in [0.25, 0.3) is 0 Å². The number of benzene rings is 1. The van der Waals surface area contributed by atoms with Crippen molar-refractivity contribution >= 4 is 11.9 Å². The van der Waals surface area contributed by atoms with Gasteiger partial charge in [-0.2, -0.15) is 0 Å². The number of aliphatic carboxylic acids is 1. The molecule has 0 aliphatic heterocycles. The van der Waals surface area contributed by atoms with E-state index in [-0.39, 0.29) is 12.8 Å². The van der Waals surface area contributed by atoms with Crippen LogP contribution in [0.2, 0.25) is 0 Å². The number of fused-ring (bicyclic) bond motifs is 1. The molecule has 3 rings (SSSR count). The monoisotopic (exact) mass is 341 g/mol. The molecule has 25 heavy (non-hydrogen) atoms. The minimum atomic E-state index is -1.58. The normalized spacial score (nSPS) is 18.5. The Morgan fingerprint density at radius 2 is 1.96 bits per heavy atom. The van der Waals surface area contributed by atoms with Crippen LogP contribution in [-0.4, -0.2) is 29.1 Å². The maximum Gasteiger partial charge on any atom is 0.323 e. The van der Waals surface area contributed by atoms with Crippen molar-refractivity contribution < 1.29 is 24.2 Å². The number of aryl methyl sites for hydroxylation is 1. The molecule has 0 saturated carbocycles. The van der Waals surface area contributed by atoms with Gasteiger partial charge in [-0.25, -0.2) is 4.98 Å². The second-order valence-corrected chi connectivity index (χ2v) is 6.19. The van der Waals surface area contributed by atoms with Crippen LogP contribution in [0.25, 0.3) is 0 Å². The predicted molar refractivity (Wildman–Crippen MR) is 89.2 cm³/mol. The van der Waals surface area contributed by atoms with Crippen molar-refractivity contribution in [1.29, 1.82) is 0 Å². The summed E-state index contributed by atoms with van der Waals surface area (Å²) < 4.78 is 10.5. The summed E-state index contributed by atoms with van der Waals surface area (Å²) in [6.45, 7) is 2.16. The maximum atomic E-state index is 12.1. The van der Waals surface area contributed by atoms with Crippen LogP contribution in [0.3, 0.4) is 0 Å². The fraction of sp³-hybridized carbons (Fsp3) is 0.316. The molecule has 1 heterocycles. The number of aromatic nitrogens is 1. The molecule has 1 aromatic carbocycles. The molecule has 1 aromatic heterocycles. The highest BCUT2D eigenvalue weighted by Gasteiger charge is 2.52. The van der Waals surface area contributed by atoms with Crippen molar-refractivity contribution in [3.63, 3.8) is 0 Å². The molecular formula is C19H19NO5. The summed E-state index contributed by atoms with van der Waals surface area (Å²) in [4.78, 5) is 28.2. The molecule has 1 aliphatic carbocycles.